The number of benzene rings is 2. The van der Waals surface area contributed by atoms with E-state index >= 15 is 0 Å². The minimum absolute atomic E-state index is 0.0467. The van der Waals surface area contributed by atoms with Crippen LogP contribution >= 0.6 is 11.3 Å². The van der Waals surface area contributed by atoms with Crippen LogP contribution < -0.4 is 16.0 Å². The van der Waals surface area contributed by atoms with Gasteiger partial charge in [0.05, 0.1) is 45.0 Å². The maximum Gasteiger partial charge on any atom is 0.416 e. The van der Waals surface area contributed by atoms with Crippen LogP contribution in [0.1, 0.15) is 59.3 Å². The molecule has 4 aromatic rings. The van der Waals surface area contributed by atoms with Gasteiger partial charge in [-0.1, -0.05) is 31.2 Å². The molecule has 3 heterocycles. The number of hydrogen-bond donors (Lipinski definition) is 2. The number of allylic oxidation sites excluding steroid dienone is 1. The summed E-state index contributed by atoms with van der Waals surface area (Å²) in [5.41, 5.74) is 11.2. The molecule has 1 aliphatic carbocycles. The predicted molar refractivity (Wildman–Crippen MR) is 171 cm³/mol. The number of aliphatic imine (C=N–C) groups is 2. The Balaban J connectivity index is 1.44. The van der Waals surface area contributed by atoms with E-state index in [0.717, 1.165) is 41.0 Å². The molecule has 0 bridgehead atoms. The van der Waals surface area contributed by atoms with Crippen molar-refractivity contribution in [3.8, 4) is 0 Å². The number of alkyl halides is 3. The Hall–Kier alpha value is -4.58. The van der Waals surface area contributed by atoms with E-state index in [4.69, 9.17) is 10.7 Å². The van der Waals surface area contributed by atoms with Crippen LogP contribution in [-0.4, -0.2) is 40.5 Å². The molecule has 1 atom stereocenters. The van der Waals surface area contributed by atoms with Gasteiger partial charge in [0, 0.05) is 33.8 Å². The van der Waals surface area contributed by atoms with Crippen molar-refractivity contribution in [1.82, 2.24) is 9.97 Å². The molecule has 0 saturated carbocycles. The number of thiophene rings is 1. The fourth-order valence-corrected chi connectivity index (χ4v) is 6.50. The lowest BCUT2D eigenvalue weighted by Gasteiger charge is -2.21. The summed E-state index contributed by atoms with van der Waals surface area (Å²) in [5, 5.41) is 4.77. The molecule has 0 fully saturated rings. The lowest BCUT2D eigenvalue weighted by molar-refractivity contribution is -0.137. The Bertz CT molecular complexity index is 1880. The number of nitrogens with two attached hydrogens (primary N) is 1. The van der Waals surface area contributed by atoms with E-state index in [9.17, 15) is 18.0 Å². The van der Waals surface area contributed by atoms with Crippen LogP contribution in [0, 0.1) is 12.8 Å². The van der Waals surface area contributed by atoms with Gasteiger partial charge in [0.2, 0.25) is 0 Å². The summed E-state index contributed by atoms with van der Waals surface area (Å²) in [5.74, 6) is -0.0855. The van der Waals surface area contributed by atoms with Gasteiger partial charge in [-0.05, 0) is 50.5 Å². The van der Waals surface area contributed by atoms with Gasteiger partial charge < -0.3 is 16.0 Å². The molecule has 12 heteroatoms. The molecule has 2 aliphatic rings. The number of nitrogens with zero attached hydrogens (tertiary/aromatic N) is 5. The van der Waals surface area contributed by atoms with Crippen LogP contribution in [0.15, 0.2) is 58.1 Å². The summed E-state index contributed by atoms with van der Waals surface area (Å²) >= 11 is 1.30. The predicted octanol–water partition coefficient (Wildman–Crippen LogP) is 7.66. The van der Waals surface area contributed by atoms with Gasteiger partial charge in [0.15, 0.2) is 0 Å². The number of halogens is 3. The smallest absolute Gasteiger partial charge is 0.382 e. The highest BCUT2D eigenvalue weighted by molar-refractivity contribution is 7.18. The topological polar surface area (TPSA) is 109 Å². The number of carbonyl (C=O) groups excluding carboxylic acids is 1. The lowest BCUT2D eigenvalue weighted by Crippen LogP contribution is -2.22. The highest BCUT2D eigenvalue weighted by atomic mass is 32.1. The normalized spacial score (nSPS) is 17.6. The average Bonchev–Trinajstić information content (AvgIpc) is 3.58. The number of hydrogen-bond acceptors (Lipinski definition) is 8. The Morgan fingerprint density at radius 2 is 2.02 bits per heavy atom. The quantitative estimate of drug-likeness (QED) is 0.239. The van der Waals surface area contributed by atoms with Gasteiger partial charge >= 0.3 is 6.18 Å². The first-order valence-corrected chi connectivity index (χ1v) is 15.1. The van der Waals surface area contributed by atoms with Crippen molar-refractivity contribution >= 4 is 67.8 Å². The summed E-state index contributed by atoms with van der Waals surface area (Å²) < 4.78 is 42.7. The maximum absolute atomic E-state index is 14.0. The highest BCUT2D eigenvalue weighted by Gasteiger charge is 2.32. The van der Waals surface area contributed by atoms with Crippen LogP contribution in [0.2, 0.25) is 0 Å². The summed E-state index contributed by atoms with van der Waals surface area (Å²) in [4.78, 5) is 32.9. The molecule has 0 saturated heterocycles. The van der Waals surface area contributed by atoms with Crippen molar-refractivity contribution in [2.75, 3.05) is 29.2 Å². The SMILES string of the molecule is CCC1CC=Cc2c(ccc(C)c2NC(=O)c2csc3c(N)ncnc23)C1=Nc1cc(N2CN=C(C)C2)cc(C(F)(F)F)c1. The van der Waals surface area contributed by atoms with E-state index in [1.54, 1.807) is 16.3 Å². The number of anilines is 3. The summed E-state index contributed by atoms with van der Waals surface area (Å²) in [6.45, 7) is 6.55. The van der Waals surface area contributed by atoms with Gasteiger partial charge in [-0.15, -0.1) is 11.3 Å². The largest absolute Gasteiger partial charge is 0.416 e. The number of nitrogen functional groups attached to an aromatic ring is 1. The molecule has 1 amide bonds. The third kappa shape index (κ3) is 5.57. The fourth-order valence-electron chi connectivity index (χ4n) is 5.60. The molecular weight excluding hydrogens is 587 g/mol. The van der Waals surface area contributed by atoms with Crippen molar-refractivity contribution in [2.24, 2.45) is 15.9 Å². The molecule has 1 unspecified atom stereocenters. The van der Waals surface area contributed by atoms with E-state index in [2.05, 4.69) is 20.3 Å². The summed E-state index contributed by atoms with van der Waals surface area (Å²) in [6.07, 6.45) is 2.15. The Morgan fingerprint density at radius 3 is 2.75 bits per heavy atom. The first kappa shape index (κ1) is 29.5. The molecule has 6 rings (SSSR count). The van der Waals surface area contributed by atoms with E-state index in [1.807, 2.05) is 45.1 Å². The van der Waals surface area contributed by atoms with E-state index in [1.165, 1.54) is 17.7 Å². The second-order valence-electron chi connectivity index (χ2n) is 11.0. The number of aromatic nitrogens is 2. The zero-order chi connectivity index (χ0) is 31.2. The van der Waals surface area contributed by atoms with E-state index < -0.39 is 11.7 Å². The molecular formula is C32H30F3N7OS. The molecule has 3 N–H and O–H groups in total. The minimum atomic E-state index is -4.54. The Kier molecular flexibility index (Phi) is 7.70. The van der Waals surface area contributed by atoms with Gasteiger partial charge in [0.1, 0.15) is 18.8 Å². The van der Waals surface area contributed by atoms with Crippen LogP contribution in [0.4, 0.5) is 36.1 Å². The van der Waals surface area contributed by atoms with Crippen LogP contribution in [0.25, 0.3) is 16.3 Å². The average molecular weight is 618 g/mol. The molecule has 44 heavy (non-hydrogen) atoms. The third-order valence-corrected chi connectivity index (χ3v) is 8.95. The van der Waals surface area contributed by atoms with Gasteiger partial charge in [0.25, 0.3) is 5.91 Å². The van der Waals surface area contributed by atoms with E-state index in [-0.39, 0.29) is 17.5 Å². The molecule has 2 aromatic carbocycles. The van der Waals surface area contributed by atoms with Gasteiger partial charge in [-0.25, -0.2) is 9.97 Å². The second kappa shape index (κ2) is 11.5. The third-order valence-electron chi connectivity index (χ3n) is 7.95. The molecule has 8 nitrogen and oxygen atoms in total. The minimum Gasteiger partial charge on any atom is -0.382 e. The number of nitrogens with one attached hydrogen (secondary N) is 1. The van der Waals surface area contributed by atoms with Crippen molar-refractivity contribution in [2.45, 2.75) is 39.8 Å². The molecule has 0 spiro atoms. The lowest BCUT2D eigenvalue weighted by atomic mass is 9.90. The standard InChI is InChI=1S/C32H30F3N7OS/c1-4-19-6-5-7-23-24(9-8-17(2)26(23)41-31(43)25-14-44-29-28(25)37-15-38-30(29)36)27(19)40-21-10-20(32(33,34)35)11-22(12-21)42-13-18(3)39-16-42/h5,7-12,14-15,19H,4,6,13,16H2,1-3H3,(H,41,43)(H2,36,37,38). The van der Waals surface area contributed by atoms with Crippen LogP contribution in [-0.2, 0) is 6.18 Å². The highest BCUT2D eigenvalue weighted by Crippen LogP contribution is 2.39. The van der Waals surface area contributed by atoms with Crippen molar-refractivity contribution < 1.29 is 18.0 Å². The maximum atomic E-state index is 14.0. The summed E-state index contributed by atoms with van der Waals surface area (Å²) in [7, 11) is 0. The van der Waals surface area contributed by atoms with Gasteiger partial charge in [-0.3, -0.25) is 14.8 Å². The Morgan fingerprint density at radius 1 is 1.20 bits per heavy atom. The molecule has 2 aromatic heterocycles. The van der Waals surface area contributed by atoms with E-state index in [0.29, 0.717) is 58.3 Å². The number of aryl methyl sites for hydroxylation is 1. The number of amides is 1. The first-order chi connectivity index (χ1) is 21.0. The fraction of sp³-hybridized carbons (Fsp3) is 0.281. The first-order valence-electron chi connectivity index (χ1n) is 14.2. The number of rotatable bonds is 5. The summed E-state index contributed by atoms with van der Waals surface area (Å²) in [6, 6.07) is 7.76. The van der Waals surface area contributed by atoms with Crippen molar-refractivity contribution in [3.05, 3.63) is 75.9 Å². The van der Waals surface area contributed by atoms with Gasteiger partial charge in [-0.2, -0.15) is 13.2 Å². The molecule has 226 valence electrons. The molecule has 1 aliphatic heterocycles. The number of carbonyl (C=O) groups is 1. The van der Waals surface area contributed by atoms with Crippen LogP contribution in [0.3, 0.4) is 0 Å². The van der Waals surface area contributed by atoms with Crippen molar-refractivity contribution in [1.29, 1.82) is 0 Å². The monoisotopic (exact) mass is 617 g/mol. The zero-order valence-corrected chi connectivity index (χ0v) is 25.2. The zero-order valence-electron chi connectivity index (χ0n) is 24.4. The van der Waals surface area contributed by atoms with Crippen molar-refractivity contribution in [3.63, 3.8) is 0 Å². The molecule has 0 radical (unpaired) electrons. The van der Waals surface area contributed by atoms with Crippen LogP contribution in [0.5, 0.6) is 0 Å². The second-order valence-corrected chi connectivity index (χ2v) is 11.8. The number of fused-ring (bicyclic) bond motifs is 2. The Labute approximate surface area is 256 Å².